The number of nitrogens with two attached hydrogens (primary N) is 1. The molecule has 2 amide bonds. The van der Waals surface area contributed by atoms with Gasteiger partial charge in [-0.25, -0.2) is 13.1 Å². The summed E-state index contributed by atoms with van der Waals surface area (Å²) in [5.74, 6) is -1.08. The van der Waals surface area contributed by atoms with Gasteiger partial charge in [0.05, 0.1) is 6.23 Å². The molecular formula is C15H21N3O4S. The first-order valence-corrected chi connectivity index (χ1v) is 8.92. The highest BCUT2D eigenvalue weighted by Gasteiger charge is 2.36. The van der Waals surface area contributed by atoms with Crippen LogP contribution in [0, 0.1) is 0 Å². The lowest BCUT2D eigenvalue weighted by atomic mass is 10.1. The van der Waals surface area contributed by atoms with Crippen LogP contribution < -0.4 is 10.5 Å². The molecule has 0 saturated carbocycles. The number of hydrogen-bond acceptors (Lipinski definition) is 4. The smallest absolute Gasteiger partial charge is 0.241 e. The van der Waals surface area contributed by atoms with E-state index in [4.69, 9.17) is 7.10 Å². The van der Waals surface area contributed by atoms with Gasteiger partial charge in [0.1, 0.15) is 12.1 Å². The fourth-order valence-corrected chi connectivity index (χ4v) is 3.39. The van der Waals surface area contributed by atoms with Crippen LogP contribution in [0.5, 0.6) is 0 Å². The number of carbonyl (C=O) groups is 2. The first-order valence-electron chi connectivity index (χ1n) is 7.97. The predicted octanol–water partition coefficient (Wildman–Crippen LogP) is -0.377. The lowest BCUT2D eigenvalue weighted by Crippen LogP contribution is -2.53. The Morgan fingerprint density at radius 2 is 2.13 bits per heavy atom. The minimum absolute atomic E-state index is 0.140. The Hall–Kier alpha value is -1.93. The van der Waals surface area contributed by atoms with Crippen molar-refractivity contribution in [3.8, 4) is 0 Å². The van der Waals surface area contributed by atoms with Gasteiger partial charge in [0.15, 0.2) is 0 Å². The van der Waals surface area contributed by atoms with E-state index in [-0.39, 0.29) is 6.42 Å². The lowest BCUT2D eigenvalue weighted by molar-refractivity contribution is -0.138. The molecule has 0 radical (unpaired) electrons. The van der Waals surface area contributed by atoms with Gasteiger partial charge in [-0.15, -0.1) is 0 Å². The second kappa shape index (κ2) is 7.10. The first-order chi connectivity index (χ1) is 11.3. The van der Waals surface area contributed by atoms with E-state index in [1.807, 2.05) is 6.07 Å². The first kappa shape index (κ1) is 15.9. The van der Waals surface area contributed by atoms with Crippen molar-refractivity contribution in [1.82, 2.24) is 9.62 Å². The number of benzene rings is 1. The molecule has 7 nitrogen and oxygen atoms in total. The van der Waals surface area contributed by atoms with Crippen LogP contribution in [0.25, 0.3) is 0 Å². The number of nitrogens with one attached hydrogen (secondary N) is 1. The summed E-state index contributed by atoms with van der Waals surface area (Å²) < 4.78 is 32.9. The summed E-state index contributed by atoms with van der Waals surface area (Å²) in [4.78, 5) is 25.6. The molecule has 8 heteroatoms. The number of sulfonamides is 1. The van der Waals surface area contributed by atoms with Gasteiger partial charge in [-0.05, 0) is 24.8 Å². The molecule has 0 spiro atoms. The third-order valence-corrected chi connectivity index (χ3v) is 4.41. The highest BCUT2D eigenvalue weighted by atomic mass is 32.2. The van der Waals surface area contributed by atoms with Crippen molar-refractivity contribution in [2.24, 2.45) is 5.73 Å². The van der Waals surface area contributed by atoms with Crippen LogP contribution in [0.4, 0.5) is 0 Å². The Kier molecular flexibility index (Phi) is 4.92. The molecule has 0 bridgehead atoms. The molecule has 1 fully saturated rings. The van der Waals surface area contributed by atoms with E-state index in [9.17, 15) is 18.0 Å². The summed E-state index contributed by atoms with van der Waals surface area (Å²) in [7, 11) is -3.90. The summed E-state index contributed by atoms with van der Waals surface area (Å²) in [6.07, 6.45) is 0.388. The zero-order valence-corrected chi connectivity index (χ0v) is 13.5. The van der Waals surface area contributed by atoms with Crippen molar-refractivity contribution < 1.29 is 19.4 Å². The largest absolute Gasteiger partial charge is 0.368 e. The van der Waals surface area contributed by atoms with Gasteiger partial charge in [0.25, 0.3) is 0 Å². The van der Waals surface area contributed by atoms with Crippen molar-refractivity contribution in [1.29, 1.82) is 0 Å². The minimum atomic E-state index is -3.90. The fourth-order valence-electron chi connectivity index (χ4n) is 2.77. The van der Waals surface area contributed by atoms with E-state index >= 15 is 0 Å². The molecular weight excluding hydrogens is 318 g/mol. The second-order valence-electron chi connectivity index (χ2n) is 5.57. The van der Waals surface area contributed by atoms with Crippen LogP contribution >= 0.6 is 0 Å². The monoisotopic (exact) mass is 340 g/mol. The summed E-state index contributed by atoms with van der Waals surface area (Å²) >= 11 is 0. The number of carbonyl (C=O) groups excluding carboxylic acids is 2. The molecule has 1 aliphatic rings. The summed E-state index contributed by atoms with van der Waals surface area (Å²) in [5.41, 5.74) is 6.11. The molecule has 23 heavy (non-hydrogen) atoms. The topological polar surface area (TPSA) is 110 Å². The summed E-state index contributed by atoms with van der Waals surface area (Å²) in [5, 5.41) is 0. The van der Waals surface area contributed by atoms with E-state index in [0.717, 1.165) is 5.56 Å². The van der Waals surface area contributed by atoms with Gasteiger partial charge in [0.2, 0.25) is 21.8 Å². The number of amides is 2. The molecule has 1 heterocycles. The molecule has 2 atom stereocenters. The van der Waals surface area contributed by atoms with Crippen LogP contribution in [0.2, 0.25) is 0 Å². The summed E-state index contributed by atoms with van der Waals surface area (Å²) in [6.45, 7) is 0.361. The maximum atomic E-state index is 12.8. The number of likely N-dealkylation sites (tertiary alicyclic amines) is 1. The van der Waals surface area contributed by atoms with Gasteiger partial charge in [-0.3, -0.25) is 9.59 Å². The third kappa shape index (κ3) is 4.77. The molecule has 1 aliphatic heterocycles. The second-order valence-corrected chi connectivity index (χ2v) is 7.03. The average Bonchev–Trinajstić information content (AvgIpc) is 3.04. The molecule has 126 valence electrons. The predicted molar refractivity (Wildman–Crippen MR) is 85.8 cm³/mol. The number of primary amides is 1. The Labute approximate surface area is 137 Å². The number of nitrogens with zero attached hydrogens (tertiary/aromatic N) is 1. The van der Waals surface area contributed by atoms with E-state index < -0.39 is 40.2 Å². The molecule has 0 unspecified atom stereocenters. The van der Waals surface area contributed by atoms with Crippen LogP contribution in [0.3, 0.4) is 0 Å². The number of rotatable bonds is 6. The fraction of sp³-hybridized carbons (Fsp3) is 0.467. The van der Waals surface area contributed by atoms with Gasteiger partial charge in [-0.1, -0.05) is 30.3 Å². The summed E-state index contributed by atoms with van der Waals surface area (Å²) in [6, 6.07) is 7.18. The van der Waals surface area contributed by atoms with Gasteiger partial charge < -0.3 is 10.6 Å². The third-order valence-electron chi connectivity index (χ3n) is 3.77. The molecule has 3 N–H and O–H groups in total. The SMILES string of the molecule is [2H]CS(=O)(=O)N[C@@H](Cc1ccccc1)C(=O)N1CCC[C@H]1C(N)=O. The standard InChI is InChI=1S/C15H21N3O4S/c1-23(21,22)17-12(10-11-6-3-2-4-7-11)15(20)18-9-5-8-13(18)14(16)19/h2-4,6-7,12-13,17H,5,8-10H2,1H3,(H2,16,19)/t12-,13-/m0/s1/i1D. The van der Waals surface area contributed by atoms with Crippen LogP contribution in [-0.4, -0.2) is 50.0 Å². The van der Waals surface area contributed by atoms with Crippen LogP contribution in [0.1, 0.15) is 19.8 Å². The van der Waals surface area contributed by atoms with Crippen molar-refractivity contribution in [3.05, 3.63) is 35.9 Å². The van der Waals surface area contributed by atoms with Crippen molar-refractivity contribution in [3.63, 3.8) is 0 Å². The molecule has 1 saturated heterocycles. The average molecular weight is 340 g/mol. The van der Waals surface area contributed by atoms with Crippen LogP contribution in [-0.2, 0) is 26.0 Å². The van der Waals surface area contributed by atoms with Crippen molar-refractivity contribution >= 4 is 21.8 Å². The number of hydrogen-bond donors (Lipinski definition) is 2. The van der Waals surface area contributed by atoms with E-state index in [1.54, 1.807) is 24.3 Å². The lowest BCUT2D eigenvalue weighted by Gasteiger charge is -2.27. The maximum absolute atomic E-state index is 12.8. The van der Waals surface area contributed by atoms with E-state index in [2.05, 4.69) is 4.72 Å². The molecule has 0 aromatic heterocycles. The quantitative estimate of drug-likeness (QED) is 0.736. The maximum Gasteiger partial charge on any atom is 0.241 e. The Morgan fingerprint density at radius 3 is 2.74 bits per heavy atom. The van der Waals surface area contributed by atoms with Crippen molar-refractivity contribution in [2.45, 2.75) is 31.3 Å². The van der Waals surface area contributed by atoms with Crippen molar-refractivity contribution in [2.75, 3.05) is 12.8 Å². The normalized spacial score (nSPS) is 20.1. The molecule has 1 aromatic rings. The highest BCUT2D eigenvalue weighted by molar-refractivity contribution is 7.88. The molecule has 1 aromatic carbocycles. The van der Waals surface area contributed by atoms with Gasteiger partial charge in [0, 0.05) is 7.92 Å². The Balaban J connectivity index is 2.24. The zero-order valence-electron chi connectivity index (χ0n) is 13.6. The van der Waals surface area contributed by atoms with E-state index in [1.165, 1.54) is 4.90 Å². The Bertz CT molecular complexity index is 696. The minimum Gasteiger partial charge on any atom is -0.368 e. The van der Waals surface area contributed by atoms with E-state index in [0.29, 0.717) is 19.4 Å². The molecule has 2 rings (SSSR count). The van der Waals surface area contributed by atoms with Gasteiger partial charge >= 0.3 is 0 Å². The van der Waals surface area contributed by atoms with Gasteiger partial charge in [-0.2, -0.15) is 0 Å². The van der Waals surface area contributed by atoms with Crippen LogP contribution in [0.15, 0.2) is 30.3 Å². The highest BCUT2D eigenvalue weighted by Crippen LogP contribution is 2.19. The molecule has 0 aliphatic carbocycles. The zero-order chi connectivity index (χ0) is 17.7. The Morgan fingerprint density at radius 1 is 1.43 bits per heavy atom.